The molecule has 1 heterocycles. The summed E-state index contributed by atoms with van der Waals surface area (Å²) in [6, 6.07) is 10.8. The van der Waals surface area contributed by atoms with Gasteiger partial charge in [0.25, 0.3) is 0 Å². The number of halogens is 1. The van der Waals surface area contributed by atoms with E-state index in [0.717, 1.165) is 11.3 Å². The van der Waals surface area contributed by atoms with Crippen LogP contribution >= 0.6 is 0 Å². The first-order chi connectivity index (χ1) is 12.7. The van der Waals surface area contributed by atoms with Crippen LogP contribution in [0.1, 0.15) is 31.4 Å². The normalized spacial score (nSPS) is 14.4. The number of benzene rings is 2. The van der Waals surface area contributed by atoms with Gasteiger partial charge in [0, 0.05) is 24.3 Å². The third-order valence-electron chi connectivity index (χ3n) is 4.35. The molecule has 2 aromatic rings. The zero-order chi connectivity index (χ0) is 19.6. The lowest BCUT2D eigenvalue weighted by atomic mass is 9.99. The summed E-state index contributed by atoms with van der Waals surface area (Å²) in [5, 5.41) is 0. The Morgan fingerprint density at radius 1 is 1.15 bits per heavy atom. The second-order valence-corrected chi connectivity index (χ2v) is 8.96. The molecule has 144 valence electrons. The Labute approximate surface area is 159 Å². The molecular weight excluding hydrogens is 367 g/mol. The topological polar surface area (TPSA) is 66.5 Å². The molecule has 5 nitrogen and oxygen atoms in total. The fourth-order valence-corrected chi connectivity index (χ4v) is 4.43. The van der Waals surface area contributed by atoms with Crippen LogP contribution in [0.5, 0.6) is 0 Å². The van der Waals surface area contributed by atoms with E-state index < -0.39 is 15.8 Å². The van der Waals surface area contributed by atoms with E-state index in [1.807, 2.05) is 0 Å². The zero-order valence-electron chi connectivity index (χ0n) is 15.4. The van der Waals surface area contributed by atoms with Gasteiger partial charge in [-0.3, -0.25) is 9.52 Å². The van der Waals surface area contributed by atoms with Gasteiger partial charge in [-0.1, -0.05) is 26.0 Å². The summed E-state index contributed by atoms with van der Waals surface area (Å²) < 4.78 is 40.6. The van der Waals surface area contributed by atoms with Crippen molar-refractivity contribution in [3.05, 3.63) is 59.4 Å². The number of nitrogens with one attached hydrogen (secondary N) is 1. The number of amides is 1. The maximum atomic E-state index is 13.3. The van der Waals surface area contributed by atoms with Gasteiger partial charge in [-0.25, -0.2) is 12.8 Å². The standard InChI is InChI=1S/C20H23FN2O3S/c1-14(2)12-23-19-8-7-18(11-16(19)6-9-20(23)24)22-27(25,26)13-15-4-3-5-17(21)10-15/h3-5,7-8,10-11,14,22H,6,9,12-13H2,1-2H3. The molecule has 0 aromatic heterocycles. The van der Waals surface area contributed by atoms with Gasteiger partial charge in [-0.05, 0) is 53.8 Å². The van der Waals surface area contributed by atoms with Gasteiger partial charge in [0.05, 0.1) is 5.75 Å². The SMILES string of the molecule is CC(C)CN1C(=O)CCc2cc(NS(=O)(=O)Cc3cccc(F)c3)ccc21. The van der Waals surface area contributed by atoms with Crippen molar-refractivity contribution in [3.8, 4) is 0 Å². The van der Waals surface area contributed by atoms with Crippen LogP contribution in [0.15, 0.2) is 42.5 Å². The zero-order valence-corrected chi connectivity index (χ0v) is 16.2. The van der Waals surface area contributed by atoms with Gasteiger partial charge in [-0.2, -0.15) is 0 Å². The molecule has 0 radical (unpaired) electrons. The highest BCUT2D eigenvalue weighted by atomic mass is 32.2. The van der Waals surface area contributed by atoms with Crippen molar-refractivity contribution in [2.45, 2.75) is 32.4 Å². The summed E-state index contributed by atoms with van der Waals surface area (Å²) >= 11 is 0. The molecule has 1 amide bonds. The van der Waals surface area contributed by atoms with E-state index in [-0.39, 0.29) is 11.7 Å². The van der Waals surface area contributed by atoms with Crippen LogP contribution in [-0.2, 0) is 27.0 Å². The van der Waals surface area contributed by atoms with E-state index in [9.17, 15) is 17.6 Å². The van der Waals surface area contributed by atoms with Crippen molar-refractivity contribution >= 4 is 27.3 Å². The van der Waals surface area contributed by atoms with Gasteiger partial charge >= 0.3 is 0 Å². The number of rotatable bonds is 6. The van der Waals surface area contributed by atoms with Gasteiger partial charge < -0.3 is 4.90 Å². The van der Waals surface area contributed by atoms with Crippen LogP contribution < -0.4 is 9.62 Å². The molecule has 27 heavy (non-hydrogen) atoms. The lowest BCUT2D eigenvalue weighted by molar-refractivity contribution is -0.119. The largest absolute Gasteiger partial charge is 0.312 e. The average molecular weight is 390 g/mol. The summed E-state index contributed by atoms with van der Waals surface area (Å²) in [7, 11) is -3.67. The summed E-state index contributed by atoms with van der Waals surface area (Å²) in [4.78, 5) is 14.0. The van der Waals surface area contributed by atoms with Crippen LogP contribution in [0, 0.1) is 11.7 Å². The minimum Gasteiger partial charge on any atom is -0.312 e. The fraction of sp³-hybridized carbons (Fsp3) is 0.350. The molecular formula is C20H23FN2O3S. The third-order valence-corrected chi connectivity index (χ3v) is 5.61. The molecule has 0 spiro atoms. The maximum absolute atomic E-state index is 13.3. The Bertz CT molecular complexity index is 957. The van der Waals surface area contributed by atoms with Crippen LogP contribution in [0.25, 0.3) is 0 Å². The van der Waals surface area contributed by atoms with E-state index >= 15 is 0 Å². The molecule has 1 N–H and O–H groups in total. The number of carbonyl (C=O) groups is 1. The number of aryl methyl sites for hydroxylation is 1. The number of hydrogen-bond donors (Lipinski definition) is 1. The van der Waals surface area contributed by atoms with E-state index in [1.165, 1.54) is 18.2 Å². The number of sulfonamides is 1. The Hall–Kier alpha value is -2.41. The van der Waals surface area contributed by atoms with Gasteiger partial charge in [0.15, 0.2) is 0 Å². The van der Waals surface area contributed by atoms with E-state index in [0.29, 0.717) is 36.6 Å². The second kappa shape index (κ2) is 7.68. The molecule has 1 aliphatic heterocycles. The first kappa shape index (κ1) is 19.4. The molecule has 0 fully saturated rings. The van der Waals surface area contributed by atoms with E-state index in [2.05, 4.69) is 18.6 Å². The highest BCUT2D eigenvalue weighted by molar-refractivity contribution is 7.91. The maximum Gasteiger partial charge on any atom is 0.236 e. The van der Waals surface area contributed by atoms with Crippen LogP contribution in [-0.4, -0.2) is 20.9 Å². The van der Waals surface area contributed by atoms with Crippen LogP contribution in [0.2, 0.25) is 0 Å². The molecule has 0 atom stereocenters. The number of hydrogen-bond acceptors (Lipinski definition) is 3. The van der Waals surface area contributed by atoms with Crippen LogP contribution in [0.3, 0.4) is 0 Å². The minimum absolute atomic E-state index is 0.0932. The van der Waals surface area contributed by atoms with Crippen molar-refractivity contribution < 1.29 is 17.6 Å². The summed E-state index contributed by atoms with van der Waals surface area (Å²) in [6.45, 7) is 4.74. The Morgan fingerprint density at radius 3 is 2.63 bits per heavy atom. The molecule has 0 bridgehead atoms. The summed E-state index contributed by atoms with van der Waals surface area (Å²) in [5.41, 5.74) is 2.62. The number of carbonyl (C=O) groups excluding carboxylic acids is 1. The molecule has 1 aliphatic rings. The average Bonchev–Trinajstić information content (AvgIpc) is 2.56. The smallest absolute Gasteiger partial charge is 0.236 e. The first-order valence-electron chi connectivity index (χ1n) is 8.92. The predicted octanol–water partition coefficient (Wildman–Crippen LogP) is 3.70. The van der Waals surface area contributed by atoms with Gasteiger partial charge in [0.2, 0.25) is 15.9 Å². The monoisotopic (exact) mass is 390 g/mol. The van der Waals surface area contributed by atoms with Crippen LogP contribution in [0.4, 0.5) is 15.8 Å². The highest BCUT2D eigenvalue weighted by Gasteiger charge is 2.25. The number of anilines is 2. The second-order valence-electron chi connectivity index (χ2n) is 7.23. The summed E-state index contributed by atoms with van der Waals surface area (Å²) in [6.07, 6.45) is 1.00. The predicted molar refractivity (Wildman–Crippen MR) is 105 cm³/mol. The van der Waals surface area contributed by atoms with Gasteiger partial charge in [-0.15, -0.1) is 0 Å². The number of fused-ring (bicyclic) bond motifs is 1. The quantitative estimate of drug-likeness (QED) is 0.818. The lowest BCUT2D eigenvalue weighted by Crippen LogP contribution is -2.37. The van der Waals surface area contributed by atoms with Crippen molar-refractivity contribution in [1.82, 2.24) is 0 Å². The molecule has 0 saturated carbocycles. The van der Waals surface area contributed by atoms with E-state index in [1.54, 1.807) is 29.2 Å². The Morgan fingerprint density at radius 2 is 1.93 bits per heavy atom. The molecule has 0 unspecified atom stereocenters. The lowest BCUT2D eigenvalue weighted by Gasteiger charge is -2.31. The number of nitrogens with zero attached hydrogens (tertiary/aromatic N) is 1. The first-order valence-corrected chi connectivity index (χ1v) is 10.6. The summed E-state index contributed by atoms with van der Waals surface area (Å²) in [5.74, 6) is -0.342. The fourth-order valence-electron chi connectivity index (χ4n) is 3.25. The minimum atomic E-state index is -3.67. The molecule has 0 saturated heterocycles. The van der Waals surface area contributed by atoms with Crippen molar-refractivity contribution in [2.75, 3.05) is 16.2 Å². The van der Waals surface area contributed by atoms with Gasteiger partial charge in [0.1, 0.15) is 5.82 Å². The van der Waals surface area contributed by atoms with Crippen molar-refractivity contribution in [2.24, 2.45) is 5.92 Å². The highest BCUT2D eigenvalue weighted by Crippen LogP contribution is 2.31. The molecule has 2 aromatic carbocycles. The van der Waals surface area contributed by atoms with E-state index in [4.69, 9.17) is 0 Å². The Kier molecular flexibility index (Phi) is 5.51. The van der Waals surface area contributed by atoms with Crippen molar-refractivity contribution in [1.29, 1.82) is 0 Å². The molecule has 0 aliphatic carbocycles. The Balaban J connectivity index is 1.79. The molecule has 7 heteroatoms. The molecule has 3 rings (SSSR count). The third kappa shape index (κ3) is 4.86. The van der Waals surface area contributed by atoms with Crippen molar-refractivity contribution in [3.63, 3.8) is 0 Å².